The molecule has 2 aromatic rings. The Balaban J connectivity index is 1.81. The van der Waals surface area contributed by atoms with Gasteiger partial charge in [-0.05, 0) is 31.0 Å². The van der Waals surface area contributed by atoms with Gasteiger partial charge < -0.3 is 9.88 Å². The predicted octanol–water partition coefficient (Wildman–Crippen LogP) is 3.10. The summed E-state index contributed by atoms with van der Waals surface area (Å²) in [6.45, 7) is 0.202. The minimum Gasteiger partial charge on any atom is -0.352 e. The van der Waals surface area contributed by atoms with E-state index in [4.69, 9.17) is 11.6 Å². The molecule has 1 fully saturated rings. The number of halogens is 1. The Labute approximate surface area is 134 Å². The highest BCUT2D eigenvalue weighted by atomic mass is 35.5. The fraction of sp³-hybridized carbons (Fsp3) is 0.412. The number of hydrogen-bond donors (Lipinski definition) is 1. The highest BCUT2D eigenvalue weighted by Crippen LogP contribution is 2.18. The quantitative estimate of drug-likeness (QED) is 0.945. The Morgan fingerprint density at radius 1 is 1.23 bits per heavy atom. The zero-order valence-corrected chi connectivity index (χ0v) is 13.1. The molecule has 1 amide bonds. The van der Waals surface area contributed by atoms with Crippen molar-refractivity contribution >= 4 is 28.4 Å². The summed E-state index contributed by atoms with van der Waals surface area (Å²) >= 11 is 6.02. The topological polar surface area (TPSA) is 51.1 Å². The zero-order chi connectivity index (χ0) is 15.5. The van der Waals surface area contributed by atoms with E-state index < -0.39 is 0 Å². The van der Waals surface area contributed by atoms with Crippen molar-refractivity contribution in [3.05, 3.63) is 45.7 Å². The average molecular weight is 319 g/mol. The van der Waals surface area contributed by atoms with Crippen molar-refractivity contribution < 1.29 is 4.79 Å². The van der Waals surface area contributed by atoms with Gasteiger partial charge in [-0.1, -0.05) is 30.9 Å². The second kappa shape index (κ2) is 6.53. The molecule has 1 aliphatic rings. The molecule has 0 unspecified atom stereocenters. The molecule has 4 nitrogen and oxygen atoms in total. The first-order chi connectivity index (χ1) is 10.6. The van der Waals surface area contributed by atoms with Gasteiger partial charge in [0.05, 0.1) is 5.52 Å². The second-order valence-electron chi connectivity index (χ2n) is 5.87. The molecule has 5 heteroatoms. The lowest BCUT2D eigenvalue weighted by Gasteiger charge is -2.23. The molecule has 1 aromatic carbocycles. The van der Waals surface area contributed by atoms with E-state index in [1.807, 2.05) is 0 Å². The summed E-state index contributed by atoms with van der Waals surface area (Å²) in [4.78, 5) is 24.1. The standard InChI is InChI=1S/C17H19ClN2O2/c18-12-6-7-14-15(10-12)20(9-8-16(14)21)11-17(22)19-13-4-2-1-3-5-13/h6-10,13H,1-5,11H2,(H,19,22). The third kappa shape index (κ3) is 3.33. The molecular formula is C17H19ClN2O2. The van der Waals surface area contributed by atoms with E-state index in [9.17, 15) is 9.59 Å². The summed E-state index contributed by atoms with van der Waals surface area (Å²) in [5.41, 5.74) is 0.634. The fourth-order valence-corrected chi connectivity index (χ4v) is 3.26. The van der Waals surface area contributed by atoms with Gasteiger partial charge in [0, 0.05) is 28.7 Å². The molecule has 1 aromatic heterocycles. The molecule has 3 rings (SSSR count). The van der Waals surface area contributed by atoms with E-state index in [0.29, 0.717) is 15.9 Å². The Morgan fingerprint density at radius 3 is 2.77 bits per heavy atom. The highest BCUT2D eigenvalue weighted by Gasteiger charge is 2.16. The van der Waals surface area contributed by atoms with Crippen molar-refractivity contribution in [2.75, 3.05) is 0 Å². The van der Waals surface area contributed by atoms with Gasteiger partial charge in [-0.3, -0.25) is 9.59 Å². The molecule has 116 valence electrons. The Kier molecular flexibility index (Phi) is 4.48. The maximum atomic E-state index is 12.3. The summed E-state index contributed by atoms with van der Waals surface area (Å²) in [7, 11) is 0. The van der Waals surface area contributed by atoms with Gasteiger partial charge in [0.25, 0.3) is 0 Å². The van der Waals surface area contributed by atoms with E-state index in [0.717, 1.165) is 12.8 Å². The van der Waals surface area contributed by atoms with E-state index in [-0.39, 0.29) is 23.9 Å². The fourth-order valence-electron chi connectivity index (χ4n) is 3.09. The van der Waals surface area contributed by atoms with Crippen LogP contribution in [0.15, 0.2) is 35.3 Å². The predicted molar refractivity (Wildman–Crippen MR) is 88.2 cm³/mol. The number of pyridine rings is 1. The monoisotopic (exact) mass is 318 g/mol. The number of hydrogen-bond acceptors (Lipinski definition) is 2. The molecule has 0 spiro atoms. The van der Waals surface area contributed by atoms with Crippen LogP contribution in [-0.4, -0.2) is 16.5 Å². The maximum Gasteiger partial charge on any atom is 0.240 e. The normalized spacial score (nSPS) is 15.9. The van der Waals surface area contributed by atoms with Crippen LogP contribution in [0.25, 0.3) is 10.9 Å². The van der Waals surface area contributed by atoms with E-state index in [2.05, 4.69) is 5.32 Å². The molecule has 0 radical (unpaired) electrons. The van der Waals surface area contributed by atoms with Crippen LogP contribution in [0.1, 0.15) is 32.1 Å². The molecule has 0 aliphatic heterocycles. The van der Waals surface area contributed by atoms with Gasteiger partial charge in [0.1, 0.15) is 6.54 Å². The first kappa shape index (κ1) is 15.1. The third-order valence-corrected chi connectivity index (χ3v) is 4.46. The number of rotatable bonds is 3. The highest BCUT2D eigenvalue weighted by molar-refractivity contribution is 6.31. The summed E-state index contributed by atoms with van der Waals surface area (Å²) in [6.07, 6.45) is 7.39. The first-order valence-corrected chi connectivity index (χ1v) is 8.09. The van der Waals surface area contributed by atoms with Crippen molar-refractivity contribution in [3.8, 4) is 0 Å². The number of benzene rings is 1. The summed E-state index contributed by atoms with van der Waals surface area (Å²) < 4.78 is 1.78. The van der Waals surface area contributed by atoms with Crippen molar-refractivity contribution in [1.82, 2.24) is 9.88 Å². The first-order valence-electron chi connectivity index (χ1n) is 7.71. The lowest BCUT2D eigenvalue weighted by molar-refractivity contribution is -0.122. The lowest BCUT2D eigenvalue weighted by atomic mass is 9.95. The van der Waals surface area contributed by atoms with Crippen molar-refractivity contribution in [3.63, 3.8) is 0 Å². The van der Waals surface area contributed by atoms with Crippen LogP contribution in [0.5, 0.6) is 0 Å². The third-order valence-electron chi connectivity index (χ3n) is 4.22. The van der Waals surface area contributed by atoms with Crippen LogP contribution in [0.4, 0.5) is 0 Å². The Bertz CT molecular complexity index is 748. The Hall–Kier alpha value is -1.81. The van der Waals surface area contributed by atoms with Gasteiger partial charge in [0.15, 0.2) is 5.43 Å². The lowest BCUT2D eigenvalue weighted by Crippen LogP contribution is -2.38. The second-order valence-corrected chi connectivity index (χ2v) is 6.31. The number of amides is 1. The summed E-state index contributed by atoms with van der Waals surface area (Å²) in [6, 6.07) is 6.90. The molecule has 1 N–H and O–H groups in total. The number of carbonyl (C=O) groups is 1. The van der Waals surface area contributed by atoms with Crippen molar-refractivity contribution in [2.45, 2.75) is 44.7 Å². The van der Waals surface area contributed by atoms with E-state index in [1.165, 1.54) is 25.3 Å². The van der Waals surface area contributed by atoms with Crippen LogP contribution in [-0.2, 0) is 11.3 Å². The smallest absolute Gasteiger partial charge is 0.240 e. The molecule has 1 heterocycles. The molecular weight excluding hydrogens is 300 g/mol. The van der Waals surface area contributed by atoms with Gasteiger partial charge in [-0.25, -0.2) is 0 Å². The largest absolute Gasteiger partial charge is 0.352 e. The minimum atomic E-state index is -0.0596. The number of fused-ring (bicyclic) bond motifs is 1. The Morgan fingerprint density at radius 2 is 2.00 bits per heavy atom. The van der Waals surface area contributed by atoms with Gasteiger partial charge >= 0.3 is 0 Å². The SMILES string of the molecule is O=C(Cn1ccc(=O)c2ccc(Cl)cc21)NC1CCCCC1. The molecule has 0 bridgehead atoms. The maximum absolute atomic E-state index is 12.3. The minimum absolute atomic E-state index is 0.0168. The van der Waals surface area contributed by atoms with Gasteiger partial charge in [-0.2, -0.15) is 0 Å². The number of nitrogens with one attached hydrogen (secondary N) is 1. The molecule has 0 saturated heterocycles. The summed E-state index contributed by atoms with van der Waals surface area (Å²) in [5.74, 6) is -0.0168. The number of carbonyl (C=O) groups excluding carboxylic acids is 1. The average Bonchev–Trinajstić information content (AvgIpc) is 2.51. The van der Waals surface area contributed by atoms with Crippen LogP contribution in [0.3, 0.4) is 0 Å². The van der Waals surface area contributed by atoms with Crippen LogP contribution >= 0.6 is 11.6 Å². The van der Waals surface area contributed by atoms with Crippen LogP contribution < -0.4 is 10.7 Å². The van der Waals surface area contributed by atoms with Crippen LogP contribution in [0.2, 0.25) is 5.02 Å². The van der Waals surface area contributed by atoms with Crippen LogP contribution in [0, 0.1) is 0 Å². The van der Waals surface area contributed by atoms with Crippen molar-refractivity contribution in [2.24, 2.45) is 0 Å². The van der Waals surface area contributed by atoms with Crippen molar-refractivity contribution in [1.29, 1.82) is 0 Å². The molecule has 1 saturated carbocycles. The molecule has 1 aliphatic carbocycles. The van der Waals surface area contributed by atoms with Gasteiger partial charge in [-0.15, -0.1) is 0 Å². The molecule has 0 atom stereocenters. The number of aromatic nitrogens is 1. The summed E-state index contributed by atoms with van der Waals surface area (Å²) in [5, 5.41) is 4.23. The van der Waals surface area contributed by atoms with E-state index >= 15 is 0 Å². The zero-order valence-electron chi connectivity index (χ0n) is 12.3. The van der Waals surface area contributed by atoms with Gasteiger partial charge in [0.2, 0.25) is 5.91 Å². The number of nitrogens with zero attached hydrogens (tertiary/aromatic N) is 1. The van der Waals surface area contributed by atoms with E-state index in [1.54, 1.807) is 29.0 Å². The molecule has 22 heavy (non-hydrogen) atoms.